The fourth-order valence-corrected chi connectivity index (χ4v) is 5.22. The number of benzene rings is 3. The molecule has 0 spiro atoms. The quantitative estimate of drug-likeness (QED) is 0.474. The van der Waals surface area contributed by atoms with Gasteiger partial charge < -0.3 is 25.0 Å². The first kappa shape index (κ1) is 25.7. The molecule has 3 aromatic rings. The van der Waals surface area contributed by atoms with E-state index in [-0.39, 0.29) is 23.3 Å². The number of ether oxygens (including phenoxy) is 1. The van der Waals surface area contributed by atoms with E-state index in [9.17, 15) is 18.7 Å². The highest BCUT2D eigenvalue weighted by Crippen LogP contribution is 2.42. The average molecular weight is 521 g/mol. The Hall–Kier alpha value is -3.98. The molecule has 3 aromatic carbocycles. The highest BCUT2D eigenvalue weighted by atomic mass is 19.1. The van der Waals surface area contributed by atoms with Crippen LogP contribution in [0.1, 0.15) is 30.0 Å². The number of methoxy groups -OCH3 is 1. The lowest BCUT2D eigenvalue weighted by Gasteiger charge is -2.36. The molecule has 5 rings (SSSR count). The minimum Gasteiger partial charge on any atom is -0.508 e. The van der Waals surface area contributed by atoms with E-state index in [0.717, 1.165) is 24.9 Å². The van der Waals surface area contributed by atoms with Crippen LogP contribution in [0.4, 0.5) is 20.2 Å². The molecule has 1 unspecified atom stereocenters. The SMILES string of the molecule is COc1cc(F)cc(N2C=Nc3cc(C)c(-c4cc(O)ccc4F)cc3C2C(=O)N(C)C[C@@H]2CCCN2)c1. The summed E-state index contributed by atoms with van der Waals surface area (Å²) in [7, 11) is 3.20. The number of rotatable bonds is 6. The molecule has 1 amide bonds. The van der Waals surface area contributed by atoms with Gasteiger partial charge in [-0.1, -0.05) is 0 Å². The van der Waals surface area contributed by atoms with Gasteiger partial charge in [-0.2, -0.15) is 0 Å². The molecule has 0 aliphatic carbocycles. The van der Waals surface area contributed by atoms with Gasteiger partial charge in [-0.25, -0.2) is 13.8 Å². The van der Waals surface area contributed by atoms with Gasteiger partial charge >= 0.3 is 0 Å². The average Bonchev–Trinajstić information content (AvgIpc) is 3.41. The Morgan fingerprint density at radius 2 is 2.00 bits per heavy atom. The van der Waals surface area contributed by atoms with Crippen molar-refractivity contribution in [3.63, 3.8) is 0 Å². The van der Waals surface area contributed by atoms with Crippen LogP contribution in [-0.2, 0) is 4.79 Å². The largest absolute Gasteiger partial charge is 0.508 e. The predicted molar refractivity (Wildman–Crippen MR) is 143 cm³/mol. The number of aryl methyl sites for hydroxylation is 1. The van der Waals surface area contributed by atoms with Gasteiger partial charge in [0, 0.05) is 48.6 Å². The first-order valence-corrected chi connectivity index (χ1v) is 12.5. The van der Waals surface area contributed by atoms with Crippen LogP contribution in [0.5, 0.6) is 11.5 Å². The lowest BCUT2D eigenvalue weighted by atomic mass is 9.91. The molecule has 198 valence electrons. The van der Waals surface area contributed by atoms with Gasteiger partial charge in [0.05, 0.1) is 19.1 Å². The maximum Gasteiger partial charge on any atom is 0.250 e. The third-order valence-electron chi connectivity index (χ3n) is 7.16. The molecule has 0 saturated carbocycles. The molecule has 38 heavy (non-hydrogen) atoms. The number of nitrogens with zero attached hydrogens (tertiary/aromatic N) is 3. The van der Waals surface area contributed by atoms with Crippen molar-refractivity contribution in [3.8, 4) is 22.6 Å². The number of fused-ring (bicyclic) bond motifs is 1. The number of carbonyl (C=O) groups is 1. The number of nitrogens with one attached hydrogen (secondary N) is 1. The summed E-state index contributed by atoms with van der Waals surface area (Å²) in [4.78, 5) is 22.0. The highest BCUT2D eigenvalue weighted by molar-refractivity contribution is 5.99. The van der Waals surface area contributed by atoms with Crippen LogP contribution in [0.2, 0.25) is 0 Å². The standard InChI is InChI=1S/C29H30F2N4O3/c1-17-9-27-25(14-23(17)24-13-21(36)6-7-26(24)31)28(29(37)34(2)15-19-5-4-8-32-19)35(16-33-27)20-10-18(30)11-22(12-20)38-3/h6-7,9-14,16,19,28,32,36H,4-5,8,15H2,1-3H3/t19-,28?/m0/s1. The third-order valence-corrected chi connectivity index (χ3v) is 7.16. The monoisotopic (exact) mass is 520 g/mol. The van der Waals surface area contributed by atoms with Crippen molar-refractivity contribution in [1.29, 1.82) is 0 Å². The van der Waals surface area contributed by atoms with Gasteiger partial charge in [-0.15, -0.1) is 0 Å². The number of halogens is 2. The van der Waals surface area contributed by atoms with Crippen molar-refractivity contribution >= 4 is 23.6 Å². The second kappa shape index (κ2) is 10.4. The molecule has 0 radical (unpaired) electrons. The fourth-order valence-electron chi connectivity index (χ4n) is 5.22. The molecule has 0 aromatic heterocycles. The van der Waals surface area contributed by atoms with E-state index in [1.54, 1.807) is 35.0 Å². The summed E-state index contributed by atoms with van der Waals surface area (Å²) >= 11 is 0. The Kier molecular flexibility index (Phi) is 7.03. The summed E-state index contributed by atoms with van der Waals surface area (Å²) in [6.07, 6.45) is 3.55. The first-order valence-electron chi connectivity index (χ1n) is 12.5. The molecule has 2 N–H and O–H groups in total. The van der Waals surface area contributed by atoms with Crippen molar-refractivity contribution < 1.29 is 23.4 Å². The Bertz CT molecular complexity index is 1400. The molecule has 2 aliphatic heterocycles. The van der Waals surface area contributed by atoms with E-state index in [2.05, 4.69) is 10.3 Å². The summed E-state index contributed by atoms with van der Waals surface area (Å²) in [6, 6.07) is 10.9. The Morgan fingerprint density at radius 3 is 2.74 bits per heavy atom. The van der Waals surface area contributed by atoms with Gasteiger partial charge in [0.25, 0.3) is 0 Å². The number of phenolic OH excluding ortho intramolecular Hbond substituents is 1. The van der Waals surface area contributed by atoms with Crippen LogP contribution in [0, 0.1) is 18.6 Å². The molecular weight excluding hydrogens is 490 g/mol. The predicted octanol–water partition coefficient (Wildman–Crippen LogP) is 5.09. The second-order valence-corrected chi connectivity index (χ2v) is 9.81. The van der Waals surface area contributed by atoms with Gasteiger partial charge in [-0.3, -0.25) is 4.79 Å². The fraction of sp³-hybridized carbons (Fsp3) is 0.310. The number of aromatic hydroxyl groups is 1. The molecule has 2 aliphatic rings. The van der Waals surface area contributed by atoms with E-state index < -0.39 is 17.7 Å². The van der Waals surface area contributed by atoms with Crippen molar-refractivity contribution in [2.75, 3.05) is 32.1 Å². The maximum absolute atomic E-state index is 14.9. The smallest absolute Gasteiger partial charge is 0.250 e. The minimum atomic E-state index is -0.889. The zero-order chi connectivity index (χ0) is 27.0. The number of amides is 1. The summed E-state index contributed by atoms with van der Waals surface area (Å²) < 4.78 is 34.6. The van der Waals surface area contributed by atoms with E-state index >= 15 is 0 Å². The van der Waals surface area contributed by atoms with Crippen LogP contribution in [-0.4, -0.2) is 55.5 Å². The van der Waals surface area contributed by atoms with Crippen LogP contribution < -0.4 is 15.0 Å². The Morgan fingerprint density at radius 1 is 1.18 bits per heavy atom. The lowest BCUT2D eigenvalue weighted by molar-refractivity contribution is -0.131. The zero-order valence-electron chi connectivity index (χ0n) is 21.5. The zero-order valence-corrected chi connectivity index (χ0v) is 21.5. The van der Waals surface area contributed by atoms with E-state index in [1.807, 2.05) is 6.92 Å². The van der Waals surface area contributed by atoms with E-state index in [0.29, 0.717) is 34.8 Å². The number of phenols is 1. The summed E-state index contributed by atoms with van der Waals surface area (Å²) in [6.45, 7) is 3.26. The summed E-state index contributed by atoms with van der Waals surface area (Å²) in [5.41, 5.74) is 3.00. The van der Waals surface area contributed by atoms with Gasteiger partial charge in [0.15, 0.2) is 0 Å². The topological polar surface area (TPSA) is 77.4 Å². The molecule has 2 atom stereocenters. The normalized spacial score (nSPS) is 18.4. The molecule has 2 heterocycles. The van der Waals surface area contributed by atoms with Crippen LogP contribution >= 0.6 is 0 Å². The molecule has 7 nitrogen and oxygen atoms in total. The highest BCUT2D eigenvalue weighted by Gasteiger charge is 2.36. The number of carbonyl (C=O) groups excluding carboxylic acids is 1. The minimum absolute atomic E-state index is 0.0681. The molecule has 1 saturated heterocycles. The molecule has 0 bridgehead atoms. The van der Waals surface area contributed by atoms with Gasteiger partial charge in [0.1, 0.15) is 29.2 Å². The van der Waals surface area contributed by atoms with Crippen LogP contribution in [0.3, 0.4) is 0 Å². The van der Waals surface area contributed by atoms with Gasteiger partial charge in [0.2, 0.25) is 5.91 Å². The second-order valence-electron chi connectivity index (χ2n) is 9.81. The molecule has 9 heteroatoms. The maximum atomic E-state index is 14.9. The van der Waals surface area contributed by atoms with Crippen LogP contribution in [0.15, 0.2) is 53.5 Å². The molecule has 1 fully saturated rings. The van der Waals surface area contributed by atoms with Crippen molar-refractivity contribution in [2.24, 2.45) is 4.99 Å². The van der Waals surface area contributed by atoms with Crippen molar-refractivity contribution in [3.05, 3.63) is 71.3 Å². The Labute approximate surface area is 220 Å². The number of anilines is 1. The van der Waals surface area contributed by atoms with E-state index in [4.69, 9.17) is 4.74 Å². The summed E-state index contributed by atoms with van der Waals surface area (Å²) in [5, 5.41) is 13.4. The van der Waals surface area contributed by atoms with Crippen molar-refractivity contribution in [1.82, 2.24) is 10.2 Å². The third kappa shape index (κ3) is 4.93. The van der Waals surface area contributed by atoms with Crippen LogP contribution in [0.25, 0.3) is 11.1 Å². The number of aliphatic imine (C=N–C) groups is 1. The van der Waals surface area contributed by atoms with Gasteiger partial charge in [-0.05, 0) is 73.8 Å². The Balaban J connectivity index is 1.64. The number of hydrogen-bond donors (Lipinski definition) is 2. The van der Waals surface area contributed by atoms with Crippen molar-refractivity contribution in [2.45, 2.75) is 31.8 Å². The number of likely N-dealkylation sites (N-methyl/N-ethyl adjacent to an activating group) is 1. The lowest BCUT2D eigenvalue weighted by Crippen LogP contribution is -2.46. The number of hydrogen-bond acceptors (Lipinski definition) is 6. The van der Waals surface area contributed by atoms with E-state index in [1.165, 1.54) is 43.8 Å². The summed E-state index contributed by atoms with van der Waals surface area (Å²) in [5.74, 6) is -0.980. The molecular formula is C29H30F2N4O3. The first-order chi connectivity index (χ1) is 18.2.